The van der Waals surface area contributed by atoms with Crippen LogP contribution in [0.5, 0.6) is 0 Å². The quantitative estimate of drug-likeness (QED) is 0.859. The van der Waals surface area contributed by atoms with Crippen molar-refractivity contribution >= 4 is 10.9 Å². The second-order valence-corrected chi connectivity index (χ2v) is 4.11. The van der Waals surface area contributed by atoms with Crippen molar-refractivity contribution in [1.29, 1.82) is 0 Å². The normalized spacial score (nSPS) is 14.2. The first-order chi connectivity index (χ1) is 7.97. The number of hydrogen-bond donors (Lipinski definition) is 2. The van der Waals surface area contributed by atoms with Gasteiger partial charge in [0.2, 0.25) is 0 Å². The number of hydrogen-bond acceptors (Lipinski definition) is 2. The molecule has 0 radical (unpaired) electrons. The summed E-state index contributed by atoms with van der Waals surface area (Å²) < 4.78 is 28.5. The number of nitrogens with zero attached hydrogens (tertiary/aromatic N) is 1. The zero-order chi connectivity index (χ0) is 12.6. The smallest absolute Gasteiger partial charge is 0.289 e. The molecule has 1 atom stereocenters. The minimum atomic E-state index is -3.32. The van der Waals surface area contributed by atoms with Crippen LogP contribution in [0.4, 0.5) is 8.78 Å². The summed E-state index contributed by atoms with van der Waals surface area (Å²) in [4.78, 5) is 0. The topological polar surface area (TPSA) is 51.2 Å². The van der Waals surface area contributed by atoms with Crippen LogP contribution in [0, 0.1) is 0 Å². The molecule has 0 unspecified atom stereocenters. The maximum atomic E-state index is 13.4. The average molecular weight is 240 g/mol. The molecule has 92 valence electrons. The molecule has 1 aromatic carbocycles. The van der Waals surface area contributed by atoms with E-state index in [1.54, 1.807) is 29.9 Å². The van der Waals surface area contributed by atoms with Gasteiger partial charge in [0.25, 0.3) is 5.92 Å². The molecule has 0 aliphatic carbocycles. The van der Waals surface area contributed by atoms with Crippen molar-refractivity contribution in [2.24, 2.45) is 12.8 Å². The van der Waals surface area contributed by atoms with Crippen LogP contribution in [0.25, 0.3) is 10.9 Å². The van der Waals surface area contributed by atoms with Crippen LogP contribution < -0.4 is 5.73 Å². The molecule has 17 heavy (non-hydrogen) atoms. The summed E-state index contributed by atoms with van der Waals surface area (Å²) in [7, 11) is 1.77. The van der Waals surface area contributed by atoms with E-state index in [-0.39, 0.29) is 0 Å². The highest BCUT2D eigenvalue weighted by atomic mass is 19.3. The number of halogens is 2. The van der Waals surface area contributed by atoms with E-state index >= 15 is 0 Å². The molecule has 0 aliphatic heterocycles. The highest BCUT2D eigenvalue weighted by molar-refractivity contribution is 5.84. The van der Waals surface area contributed by atoms with Gasteiger partial charge in [-0.2, -0.15) is 0 Å². The van der Waals surface area contributed by atoms with Crippen molar-refractivity contribution in [1.82, 2.24) is 4.57 Å². The summed E-state index contributed by atoms with van der Waals surface area (Å²) in [6.07, 6.45) is 1.58. The van der Waals surface area contributed by atoms with E-state index in [0.29, 0.717) is 10.9 Å². The van der Waals surface area contributed by atoms with Gasteiger partial charge < -0.3 is 15.4 Å². The van der Waals surface area contributed by atoms with Gasteiger partial charge in [-0.1, -0.05) is 18.2 Å². The van der Waals surface area contributed by atoms with Crippen molar-refractivity contribution in [3.8, 4) is 0 Å². The summed E-state index contributed by atoms with van der Waals surface area (Å²) in [6.45, 7) is -1.25. The first kappa shape index (κ1) is 12.0. The fourth-order valence-corrected chi connectivity index (χ4v) is 1.95. The molecule has 0 aliphatic rings. The Hall–Kier alpha value is -1.46. The standard InChI is InChI=1S/C12H14F2N2O/c1-16-6-9(11(15)12(13,14)7-17)8-4-2-3-5-10(8)16/h2-6,11,17H,7,15H2,1H3/t11-/m0/s1. The Morgan fingerprint density at radius 3 is 2.71 bits per heavy atom. The SMILES string of the molecule is Cn1cc([C@H](N)C(F)(F)CO)c2ccccc21. The third-order valence-corrected chi connectivity index (χ3v) is 2.93. The fourth-order valence-electron chi connectivity index (χ4n) is 1.95. The van der Waals surface area contributed by atoms with Crippen molar-refractivity contribution < 1.29 is 13.9 Å². The summed E-state index contributed by atoms with van der Waals surface area (Å²) in [5, 5.41) is 9.36. The third kappa shape index (κ3) is 1.92. The maximum Gasteiger partial charge on any atom is 0.289 e. The van der Waals surface area contributed by atoms with Gasteiger partial charge in [0.15, 0.2) is 0 Å². The lowest BCUT2D eigenvalue weighted by atomic mass is 10.0. The Labute approximate surface area is 97.5 Å². The van der Waals surface area contributed by atoms with E-state index in [0.717, 1.165) is 5.52 Å². The molecule has 2 rings (SSSR count). The van der Waals surface area contributed by atoms with Crippen LogP contribution in [-0.4, -0.2) is 22.2 Å². The molecule has 2 aromatic rings. The summed E-state index contributed by atoms with van der Waals surface area (Å²) in [5.74, 6) is -3.32. The molecule has 1 aromatic heterocycles. The van der Waals surface area contributed by atoms with Crippen molar-refractivity contribution in [2.45, 2.75) is 12.0 Å². The number of benzene rings is 1. The predicted molar refractivity (Wildman–Crippen MR) is 61.9 cm³/mol. The molecule has 1 heterocycles. The molecule has 0 bridgehead atoms. The van der Waals surface area contributed by atoms with Gasteiger partial charge in [0.1, 0.15) is 6.61 Å². The first-order valence-corrected chi connectivity index (χ1v) is 5.25. The van der Waals surface area contributed by atoms with E-state index in [2.05, 4.69) is 0 Å². The summed E-state index contributed by atoms with van der Waals surface area (Å²) >= 11 is 0. The van der Waals surface area contributed by atoms with Gasteiger partial charge in [-0.3, -0.25) is 0 Å². The van der Waals surface area contributed by atoms with Crippen LogP contribution in [-0.2, 0) is 7.05 Å². The number of aryl methyl sites for hydroxylation is 1. The summed E-state index contributed by atoms with van der Waals surface area (Å²) in [5.41, 5.74) is 6.73. The lowest BCUT2D eigenvalue weighted by Crippen LogP contribution is -2.36. The van der Waals surface area contributed by atoms with Crippen LogP contribution in [0.1, 0.15) is 11.6 Å². The second kappa shape index (κ2) is 4.09. The van der Waals surface area contributed by atoms with Gasteiger partial charge in [-0.05, 0) is 6.07 Å². The zero-order valence-corrected chi connectivity index (χ0v) is 9.40. The van der Waals surface area contributed by atoms with Gasteiger partial charge in [0.05, 0.1) is 6.04 Å². The van der Waals surface area contributed by atoms with Crippen LogP contribution in [0.15, 0.2) is 30.5 Å². The number of aliphatic hydroxyl groups is 1. The van der Waals surface area contributed by atoms with E-state index in [9.17, 15) is 8.78 Å². The number of alkyl halides is 2. The third-order valence-electron chi connectivity index (χ3n) is 2.93. The van der Waals surface area contributed by atoms with Gasteiger partial charge in [-0.25, -0.2) is 8.78 Å². The summed E-state index contributed by atoms with van der Waals surface area (Å²) in [6, 6.07) is 5.69. The predicted octanol–water partition coefficient (Wildman–Crippen LogP) is 1.81. The Morgan fingerprint density at radius 2 is 2.06 bits per heavy atom. The van der Waals surface area contributed by atoms with E-state index in [1.807, 2.05) is 12.1 Å². The molecular formula is C12H14F2N2O. The molecule has 0 amide bonds. The first-order valence-electron chi connectivity index (χ1n) is 5.25. The molecule has 3 N–H and O–H groups in total. The maximum absolute atomic E-state index is 13.4. The fraction of sp³-hybridized carbons (Fsp3) is 0.333. The Balaban J connectivity index is 2.56. The number of rotatable bonds is 3. The number of aliphatic hydroxyl groups excluding tert-OH is 1. The molecular weight excluding hydrogens is 226 g/mol. The lowest BCUT2D eigenvalue weighted by Gasteiger charge is -2.20. The second-order valence-electron chi connectivity index (χ2n) is 4.11. The van der Waals surface area contributed by atoms with Gasteiger partial charge >= 0.3 is 0 Å². The minimum absolute atomic E-state index is 0.349. The molecule has 3 nitrogen and oxygen atoms in total. The van der Waals surface area contributed by atoms with E-state index in [1.165, 1.54) is 0 Å². The largest absolute Gasteiger partial charge is 0.390 e. The zero-order valence-electron chi connectivity index (χ0n) is 9.40. The molecule has 0 saturated carbocycles. The van der Waals surface area contributed by atoms with Crippen LogP contribution in [0.2, 0.25) is 0 Å². The molecule has 5 heteroatoms. The Kier molecular flexibility index (Phi) is 2.89. The minimum Gasteiger partial charge on any atom is -0.390 e. The van der Waals surface area contributed by atoms with E-state index < -0.39 is 18.6 Å². The van der Waals surface area contributed by atoms with Crippen molar-refractivity contribution in [2.75, 3.05) is 6.61 Å². The van der Waals surface area contributed by atoms with Crippen LogP contribution in [0.3, 0.4) is 0 Å². The molecule has 0 spiro atoms. The van der Waals surface area contributed by atoms with E-state index in [4.69, 9.17) is 10.8 Å². The molecule has 0 saturated heterocycles. The number of aromatic nitrogens is 1. The molecule has 0 fully saturated rings. The highest BCUT2D eigenvalue weighted by Crippen LogP contribution is 2.33. The Bertz CT molecular complexity index is 536. The van der Waals surface area contributed by atoms with Gasteiger partial charge in [-0.15, -0.1) is 0 Å². The average Bonchev–Trinajstić information content (AvgIpc) is 2.66. The van der Waals surface area contributed by atoms with Gasteiger partial charge in [0, 0.05) is 29.7 Å². The van der Waals surface area contributed by atoms with Crippen molar-refractivity contribution in [3.63, 3.8) is 0 Å². The Morgan fingerprint density at radius 1 is 1.41 bits per heavy atom. The monoisotopic (exact) mass is 240 g/mol. The van der Waals surface area contributed by atoms with Crippen molar-refractivity contribution in [3.05, 3.63) is 36.0 Å². The number of nitrogens with two attached hydrogens (primary N) is 1. The number of fused-ring (bicyclic) bond motifs is 1. The highest BCUT2D eigenvalue weighted by Gasteiger charge is 2.38. The lowest BCUT2D eigenvalue weighted by molar-refractivity contribution is -0.0708. The number of para-hydroxylation sites is 1. The van der Waals surface area contributed by atoms with Crippen LogP contribution >= 0.6 is 0 Å².